The predicted octanol–water partition coefficient (Wildman–Crippen LogP) is 1.30. The van der Waals surface area contributed by atoms with Gasteiger partial charge in [0.2, 0.25) is 6.79 Å². The zero-order chi connectivity index (χ0) is 14.2. The van der Waals surface area contributed by atoms with Gasteiger partial charge in [0.1, 0.15) is 0 Å². The summed E-state index contributed by atoms with van der Waals surface area (Å²) in [5.74, 6) is 0.898. The molecule has 1 unspecified atom stereocenters. The van der Waals surface area contributed by atoms with Crippen LogP contribution in [0.15, 0.2) is 12.1 Å². The highest BCUT2D eigenvalue weighted by Crippen LogP contribution is 2.36. The van der Waals surface area contributed by atoms with Crippen molar-refractivity contribution in [3.8, 4) is 11.5 Å². The van der Waals surface area contributed by atoms with Gasteiger partial charge in [0.05, 0.1) is 11.2 Å². The molecule has 2 aliphatic heterocycles. The largest absolute Gasteiger partial charge is 0.454 e. The fourth-order valence-electron chi connectivity index (χ4n) is 2.49. The lowest BCUT2D eigenvalue weighted by Crippen LogP contribution is -2.40. The highest BCUT2D eigenvalue weighted by molar-refractivity contribution is 6.00. The van der Waals surface area contributed by atoms with Crippen molar-refractivity contribution in [2.45, 2.75) is 25.4 Å². The zero-order valence-electron chi connectivity index (χ0n) is 11.4. The van der Waals surface area contributed by atoms with Crippen LogP contribution in [0.1, 0.15) is 30.1 Å². The Labute approximate surface area is 117 Å². The Morgan fingerprint density at radius 3 is 2.85 bits per heavy atom. The smallest absolute Gasteiger partial charge is 0.253 e. The van der Waals surface area contributed by atoms with Crippen molar-refractivity contribution < 1.29 is 19.0 Å². The molecule has 0 saturated carbocycles. The molecule has 0 spiro atoms. The van der Waals surface area contributed by atoms with Gasteiger partial charge in [-0.1, -0.05) is 0 Å². The monoisotopic (exact) mass is 278 g/mol. The van der Waals surface area contributed by atoms with Gasteiger partial charge in [0.15, 0.2) is 11.5 Å². The van der Waals surface area contributed by atoms with Crippen LogP contribution in [0.4, 0.5) is 5.69 Å². The van der Waals surface area contributed by atoms with Crippen molar-refractivity contribution in [3.05, 3.63) is 17.7 Å². The molecular formula is C14H18N2O4. The Morgan fingerprint density at radius 1 is 1.40 bits per heavy atom. The van der Waals surface area contributed by atoms with E-state index in [-0.39, 0.29) is 18.3 Å². The standard InChI is InChI=1S/C14H18N2O4/c1-14(3-2-4-20-14)7-16-13(17)9-5-11-12(6-10(9)15)19-8-18-11/h5-6H,2-4,7-8,15H2,1H3,(H,16,17). The van der Waals surface area contributed by atoms with Gasteiger partial charge in [0.25, 0.3) is 5.91 Å². The summed E-state index contributed by atoms with van der Waals surface area (Å²) in [7, 11) is 0. The van der Waals surface area contributed by atoms with E-state index in [1.165, 1.54) is 0 Å². The van der Waals surface area contributed by atoms with E-state index in [2.05, 4.69) is 5.32 Å². The topological polar surface area (TPSA) is 82.8 Å². The van der Waals surface area contributed by atoms with Gasteiger partial charge >= 0.3 is 0 Å². The van der Waals surface area contributed by atoms with Crippen molar-refractivity contribution in [2.75, 3.05) is 25.7 Å². The van der Waals surface area contributed by atoms with E-state index in [0.717, 1.165) is 19.4 Å². The van der Waals surface area contributed by atoms with Crippen LogP contribution in [0.5, 0.6) is 11.5 Å². The van der Waals surface area contributed by atoms with E-state index >= 15 is 0 Å². The second-order valence-electron chi connectivity index (χ2n) is 5.38. The van der Waals surface area contributed by atoms with Crippen LogP contribution >= 0.6 is 0 Å². The van der Waals surface area contributed by atoms with E-state index in [9.17, 15) is 4.79 Å². The minimum absolute atomic E-state index is 0.158. The van der Waals surface area contributed by atoms with Crippen molar-refractivity contribution in [1.29, 1.82) is 0 Å². The maximum absolute atomic E-state index is 12.2. The van der Waals surface area contributed by atoms with Crippen LogP contribution in [0, 0.1) is 0 Å². The molecule has 6 heteroatoms. The fourth-order valence-corrected chi connectivity index (χ4v) is 2.49. The fraction of sp³-hybridized carbons (Fsp3) is 0.500. The van der Waals surface area contributed by atoms with E-state index < -0.39 is 0 Å². The summed E-state index contributed by atoms with van der Waals surface area (Å²) in [6, 6.07) is 3.23. The molecule has 2 aliphatic rings. The summed E-state index contributed by atoms with van der Waals surface area (Å²) in [6.45, 7) is 3.38. The summed E-state index contributed by atoms with van der Waals surface area (Å²) in [5.41, 5.74) is 6.38. The Hall–Kier alpha value is -1.95. The zero-order valence-corrected chi connectivity index (χ0v) is 11.4. The molecule has 1 aromatic carbocycles. The number of nitrogen functional groups attached to an aromatic ring is 1. The Balaban J connectivity index is 1.71. The van der Waals surface area contributed by atoms with Crippen molar-refractivity contribution in [1.82, 2.24) is 5.32 Å². The molecule has 1 amide bonds. The number of nitrogens with one attached hydrogen (secondary N) is 1. The lowest BCUT2D eigenvalue weighted by Gasteiger charge is -2.23. The highest BCUT2D eigenvalue weighted by Gasteiger charge is 2.30. The Morgan fingerprint density at radius 2 is 2.15 bits per heavy atom. The van der Waals surface area contributed by atoms with Crippen LogP contribution in [-0.2, 0) is 4.74 Å². The summed E-state index contributed by atoms with van der Waals surface area (Å²) in [4.78, 5) is 12.2. The molecule has 108 valence electrons. The van der Waals surface area contributed by atoms with E-state index in [0.29, 0.717) is 29.3 Å². The third-order valence-corrected chi connectivity index (χ3v) is 3.71. The molecule has 6 nitrogen and oxygen atoms in total. The number of amides is 1. The number of hydrogen-bond acceptors (Lipinski definition) is 5. The number of fused-ring (bicyclic) bond motifs is 1. The molecule has 1 saturated heterocycles. The van der Waals surface area contributed by atoms with Crippen LogP contribution in [-0.4, -0.2) is 31.5 Å². The van der Waals surface area contributed by atoms with Gasteiger partial charge in [-0.15, -0.1) is 0 Å². The number of hydrogen-bond donors (Lipinski definition) is 2. The van der Waals surface area contributed by atoms with Gasteiger partial charge in [0, 0.05) is 24.9 Å². The molecule has 3 rings (SSSR count). The van der Waals surface area contributed by atoms with E-state index in [4.69, 9.17) is 19.9 Å². The van der Waals surface area contributed by atoms with E-state index in [1.807, 2.05) is 6.92 Å². The van der Waals surface area contributed by atoms with Crippen molar-refractivity contribution >= 4 is 11.6 Å². The molecule has 0 bridgehead atoms. The maximum Gasteiger partial charge on any atom is 0.253 e. The second kappa shape index (κ2) is 4.86. The average Bonchev–Trinajstić information content (AvgIpc) is 3.04. The quantitative estimate of drug-likeness (QED) is 0.814. The third kappa shape index (κ3) is 2.38. The highest BCUT2D eigenvalue weighted by atomic mass is 16.7. The number of anilines is 1. The summed E-state index contributed by atoms with van der Waals surface area (Å²) < 4.78 is 16.1. The van der Waals surface area contributed by atoms with Gasteiger partial charge < -0.3 is 25.3 Å². The second-order valence-corrected chi connectivity index (χ2v) is 5.38. The number of nitrogens with two attached hydrogens (primary N) is 1. The first-order valence-corrected chi connectivity index (χ1v) is 6.69. The number of benzene rings is 1. The SMILES string of the molecule is CC1(CNC(=O)c2cc3c(cc2N)OCO3)CCCO1. The average molecular weight is 278 g/mol. The third-order valence-electron chi connectivity index (χ3n) is 3.71. The van der Waals surface area contributed by atoms with Crippen LogP contribution in [0.3, 0.4) is 0 Å². The first kappa shape index (κ1) is 13.1. The summed E-state index contributed by atoms with van der Waals surface area (Å²) in [5, 5.41) is 2.87. The maximum atomic E-state index is 12.2. The lowest BCUT2D eigenvalue weighted by atomic mass is 10.0. The van der Waals surface area contributed by atoms with Gasteiger partial charge in [-0.05, 0) is 25.8 Å². The molecular weight excluding hydrogens is 260 g/mol. The molecule has 3 N–H and O–H groups in total. The number of carbonyl (C=O) groups is 1. The normalized spacial score (nSPS) is 23.9. The first-order chi connectivity index (χ1) is 9.57. The number of rotatable bonds is 3. The number of carbonyl (C=O) groups excluding carboxylic acids is 1. The van der Waals surface area contributed by atoms with Crippen LogP contribution < -0.4 is 20.5 Å². The molecule has 0 aliphatic carbocycles. The molecule has 1 atom stereocenters. The molecule has 2 heterocycles. The predicted molar refractivity (Wildman–Crippen MR) is 72.9 cm³/mol. The van der Waals surface area contributed by atoms with Gasteiger partial charge in [-0.2, -0.15) is 0 Å². The van der Waals surface area contributed by atoms with Crippen LogP contribution in [0.2, 0.25) is 0 Å². The molecule has 0 radical (unpaired) electrons. The minimum Gasteiger partial charge on any atom is -0.454 e. The molecule has 20 heavy (non-hydrogen) atoms. The van der Waals surface area contributed by atoms with Gasteiger partial charge in [-0.25, -0.2) is 0 Å². The van der Waals surface area contributed by atoms with Crippen LogP contribution in [0.25, 0.3) is 0 Å². The first-order valence-electron chi connectivity index (χ1n) is 6.69. The van der Waals surface area contributed by atoms with E-state index in [1.54, 1.807) is 12.1 Å². The lowest BCUT2D eigenvalue weighted by molar-refractivity contribution is 0.0206. The molecule has 1 fully saturated rings. The minimum atomic E-state index is -0.277. The molecule has 1 aromatic rings. The van der Waals surface area contributed by atoms with Crippen molar-refractivity contribution in [3.63, 3.8) is 0 Å². The Bertz CT molecular complexity index is 538. The summed E-state index contributed by atoms with van der Waals surface area (Å²) in [6.07, 6.45) is 1.97. The number of ether oxygens (including phenoxy) is 3. The van der Waals surface area contributed by atoms with Crippen molar-refractivity contribution in [2.24, 2.45) is 0 Å². The summed E-state index contributed by atoms with van der Waals surface area (Å²) >= 11 is 0. The van der Waals surface area contributed by atoms with Gasteiger partial charge in [-0.3, -0.25) is 4.79 Å². The Kier molecular flexibility index (Phi) is 3.17. The molecule has 0 aromatic heterocycles.